The van der Waals surface area contributed by atoms with Crippen molar-refractivity contribution in [3.05, 3.63) is 0 Å². The average Bonchev–Trinajstić information content (AvgIpc) is 2.56. The lowest BCUT2D eigenvalue weighted by Crippen LogP contribution is -2.00. The Morgan fingerprint density at radius 2 is 1.19 bits per heavy atom. The second-order valence-corrected chi connectivity index (χ2v) is 4.23. The number of rotatable bonds is 0. The standard InChI is InChI=1S/C8H14O.C4H8O3/c9-8-6-4-2-1-3-5-7-8;1-2-4-6-7-5-3-1/h1-7H2;1-4H2. The van der Waals surface area contributed by atoms with Gasteiger partial charge in [0.05, 0.1) is 13.2 Å². The zero-order valence-electron chi connectivity index (χ0n) is 9.91. The third kappa shape index (κ3) is 7.79. The minimum atomic E-state index is 0.481. The van der Waals surface area contributed by atoms with Gasteiger partial charge in [-0.3, -0.25) is 4.79 Å². The maximum Gasteiger partial charge on any atom is 0.132 e. The predicted molar refractivity (Wildman–Crippen MR) is 59.5 cm³/mol. The molecule has 2 aliphatic rings. The lowest BCUT2D eigenvalue weighted by molar-refractivity contribution is -0.504. The quantitative estimate of drug-likeness (QED) is 0.600. The van der Waals surface area contributed by atoms with Crippen molar-refractivity contribution >= 4 is 5.78 Å². The van der Waals surface area contributed by atoms with Crippen LogP contribution < -0.4 is 0 Å². The average molecular weight is 230 g/mol. The SMILES string of the molecule is C1CCOOOC1.O=C1CCCCCCC1. The summed E-state index contributed by atoms with van der Waals surface area (Å²) in [5.41, 5.74) is 0. The van der Waals surface area contributed by atoms with Crippen LogP contribution in [-0.2, 0) is 19.6 Å². The topological polar surface area (TPSA) is 44.8 Å². The van der Waals surface area contributed by atoms with Crippen LogP contribution in [0.4, 0.5) is 0 Å². The summed E-state index contributed by atoms with van der Waals surface area (Å²) in [5, 5.41) is 4.19. The van der Waals surface area contributed by atoms with Crippen molar-refractivity contribution in [3.63, 3.8) is 0 Å². The van der Waals surface area contributed by atoms with E-state index in [2.05, 4.69) is 14.8 Å². The molecule has 0 aromatic carbocycles. The Kier molecular flexibility index (Phi) is 8.30. The van der Waals surface area contributed by atoms with Crippen LogP contribution in [0, 0.1) is 0 Å². The zero-order valence-corrected chi connectivity index (χ0v) is 9.91. The first-order chi connectivity index (χ1) is 7.89. The van der Waals surface area contributed by atoms with Gasteiger partial charge in [-0.15, -0.1) is 0 Å². The minimum Gasteiger partial charge on any atom is -0.300 e. The summed E-state index contributed by atoms with van der Waals surface area (Å²) in [6.45, 7) is 1.31. The third-order valence-corrected chi connectivity index (χ3v) is 2.71. The fraction of sp³-hybridized carbons (Fsp3) is 0.917. The number of carbonyl (C=O) groups is 1. The van der Waals surface area contributed by atoms with Crippen molar-refractivity contribution in [2.24, 2.45) is 0 Å². The second-order valence-electron chi connectivity index (χ2n) is 4.23. The highest BCUT2D eigenvalue weighted by molar-refractivity contribution is 5.78. The van der Waals surface area contributed by atoms with Gasteiger partial charge in [0.2, 0.25) is 0 Å². The molecule has 2 rings (SSSR count). The molecule has 4 nitrogen and oxygen atoms in total. The summed E-state index contributed by atoms with van der Waals surface area (Å²) in [6, 6.07) is 0. The van der Waals surface area contributed by atoms with Crippen molar-refractivity contribution in [2.75, 3.05) is 13.2 Å². The molecule has 0 atom stereocenters. The van der Waals surface area contributed by atoms with E-state index in [-0.39, 0.29) is 0 Å². The monoisotopic (exact) mass is 230 g/mol. The molecular formula is C12H22O4. The van der Waals surface area contributed by atoms with Gasteiger partial charge in [-0.25, -0.2) is 9.78 Å². The summed E-state index contributed by atoms with van der Waals surface area (Å²) in [7, 11) is 0. The summed E-state index contributed by atoms with van der Waals surface area (Å²) < 4.78 is 0. The summed E-state index contributed by atoms with van der Waals surface area (Å²) in [5.74, 6) is 0.481. The molecule has 1 heterocycles. The molecule has 0 bridgehead atoms. The molecule has 1 saturated carbocycles. The first kappa shape index (κ1) is 13.6. The van der Waals surface area contributed by atoms with Gasteiger partial charge in [0.25, 0.3) is 0 Å². The van der Waals surface area contributed by atoms with E-state index in [1.807, 2.05) is 0 Å². The van der Waals surface area contributed by atoms with Crippen molar-refractivity contribution in [1.82, 2.24) is 0 Å². The maximum absolute atomic E-state index is 10.8. The molecule has 0 radical (unpaired) electrons. The van der Waals surface area contributed by atoms with Gasteiger partial charge >= 0.3 is 0 Å². The van der Waals surface area contributed by atoms with Gasteiger partial charge in [-0.05, 0) is 25.7 Å². The van der Waals surface area contributed by atoms with Crippen molar-refractivity contribution < 1.29 is 19.6 Å². The highest BCUT2D eigenvalue weighted by Crippen LogP contribution is 2.13. The summed E-state index contributed by atoms with van der Waals surface area (Å²) >= 11 is 0. The Bertz CT molecular complexity index is 152. The first-order valence-electron chi connectivity index (χ1n) is 6.32. The molecule has 94 valence electrons. The van der Waals surface area contributed by atoms with Crippen LogP contribution in [0.2, 0.25) is 0 Å². The summed E-state index contributed by atoms with van der Waals surface area (Å²) in [6.07, 6.45) is 9.91. The molecular weight excluding hydrogens is 208 g/mol. The van der Waals surface area contributed by atoms with Gasteiger partial charge in [-0.2, -0.15) is 0 Å². The zero-order chi connectivity index (χ0) is 11.5. The highest BCUT2D eigenvalue weighted by atomic mass is 17.5. The number of hydrogen-bond acceptors (Lipinski definition) is 4. The fourth-order valence-electron chi connectivity index (χ4n) is 1.72. The van der Waals surface area contributed by atoms with Crippen molar-refractivity contribution in [3.8, 4) is 0 Å². The Balaban J connectivity index is 0.000000165. The lowest BCUT2D eigenvalue weighted by Gasteiger charge is -2.05. The molecule has 0 aromatic heterocycles. The third-order valence-electron chi connectivity index (χ3n) is 2.71. The predicted octanol–water partition coefficient (Wildman–Crippen LogP) is 2.96. The van der Waals surface area contributed by atoms with Crippen LogP contribution in [0.1, 0.15) is 57.8 Å². The van der Waals surface area contributed by atoms with E-state index in [0.717, 1.165) is 38.5 Å². The molecule has 0 aromatic rings. The Hall–Kier alpha value is -0.450. The van der Waals surface area contributed by atoms with Crippen molar-refractivity contribution in [1.29, 1.82) is 0 Å². The smallest absolute Gasteiger partial charge is 0.132 e. The van der Waals surface area contributed by atoms with Crippen LogP contribution >= 0.6 is 0 Å². The van der Waals surface area contributed by atoms with Crippen LogP contribution in [0.25, 0.3) is 0 Å². The van der Waals surface area contributed by atoms with Crippen LogP contribution in [0.15, 0.2) is 0 Å². The van der Waals surface area contributed by atoms with Gasteiger partial charge in [-0.1, -0.05) is 24.3 Å². The van der Waals surface area contributed by atoms with Crippen LogP contribution in [0.5, 0.6) is 0 Å². The minimum absolute atomic E-state index is 0.481. The molecule has 0 amide bonds. The summed E-state index contributed by atoms with van der Waals surface area (Å²) in [4.78, 5) is 19.8. The van der Waals surface area contributed by atoms with E-state index in [9.17, 15) is 4.79 Å². The van der Waals surface area contributed by atoms with Gasteiger partial charge in [0, 0.05) is 12.8 Å². The Morgan fingerprint density at radius 3 is 1.75 bits per heavy atom. The number of ketones is 1. The number of Topliss-reactive ketones (excluding diaryl/α,β-unsaturated/α-hetero) is 1. The van der Waals surface area contributed by atoms with Gasteiger partial charge in [0.1, 0.15) is 5.78 Å². The van der Waals surface area contributed by atoms with Gasteiger partial charge in [0.15, 0.2) is 0 Å². The number of carbonyl (C=O) groups excluding carboxylic acids is 1. The van der Waals surface area contributed by atoms with Crippen molar-refractivity contribution in [2.45, 2.75) is 57.8 Å². The Labute approximate surface area is 97.1 Å². The highest BCUT2D eigenvalue weighted by Gasteiger charge is 2.04. The largest absolute Gasteiger partial charge is 0.300 e. The van der Waals surface area contributed by atoms with E-state index in [1.165, 1.54) is 19.3 Å². The maximum atomic E-state index is 10.8. The molecule has 0 unspecified atom stereocenters. The van der Waals surface area contributed by atoms with Gasteiger partial charge < -0.3 is 0 Å². The van der Waals surface area contributed by atoms with E-state index in [1.54, 1.807) is 0 Å². The Morgan fingerprint density at radius 1 is 0.688 bits per heavy atom. The van der Waals surface area contributed by atoms with Crippen LogP contribution in [-0.4, -0.2) is 19.0 Å². The molecule has 4 heteroatoms. The lowest BCUT2D eigenvalue weighted by atomic mass is 10.0. The normalized spacial score (nSPS) is 23.4. The molecule has 1 saturated heterocycles. The number of hydrogen-bond donors (Lipinski definition) is 0. The van der Waals surface area contributed by atoms with E-state index in [4.69, 9.17) is 0 Å². The molecule has 1 aliphatic heterocycles. The van der Waals surface area contributed by atoms with E-state index >= 15 is 0 Å². The molecule has 0 spiro atoms. The van der Waals surface area contributed by atoms with E-state index in [0.29, 0.717) is 19.0 Å². The van der Waals surface area contributed by atoms with E-state index < -0.39 is 0 Å². The molecule has 16 heavy (non-hydrogen) atoms. The van der Waals surface area contributed by atoms with Crippen LogP contribution in [0.3, 0.4) is 0 Å². The fourth-order valence-corrected chi connectivity index (χ4v) is 1.72. The second kappa shape index (κ2) is 9.75. The molecule has 1 aliphatic carbocycles. The molecule has 0 N–H and O–H groups in total. The first-order valence-corrected chi connectivity index (χ1v) is 6.32. The molecule has 2 fully saturated rings.